The van der Waals surface area contributed by atoms with Crippen molar-refractivity contribution >= 4 is 25.8 Å². The van der Waals surface area contributed by atoms with Crippen molar-refractivity contribution in [2.75, 3.05) is 25.2 Å². The van der Waals surface area contributed by atoms with E-state index in [4.69, 9.17) is 0 Å². The first-order chi connectivity index (χ1) is 6.69. The minimum Gasteiger partial charge on any atom is -0.385 e. The summed E-state index contributed by atoms with van der Waals surface area (Å²) in [6, 6.07) is 0. The summed E-state index contributed by atoms with van der Waals surface area (Å²) in [4.78, 5) is -2.00. The molecule has 0 N–H and O–H groups in total. The molecule has 92 valence electrons. The third-order valence-corrected chi connectivity index (χ3v) is 4.58. The van der Waals surface area contributed by atoms with Gasteiger partial charge in [-0.25, -0.2) is 8.42 Å². The largest absolute Gasteiger partial charge is 0.402 e. The van der Waals surface area contributed by atoms with E-state index in [0.717, 1.165) is 0 Å². The van der Waals surface area contributed by atoms with Crippen LogP contribution in [0.15, 0.2) is 0 Å². The topological polar surface area (TPSA) is 43.4 Å². The monoisotopic (exact) mass is 312 g/mol. The van der Waals surface area contributed by atoms with Gasteiger partial charge in [-0.2, -0.15) is 13.2 Å². The zero-order valence-electron chi connectivity index (χ0n) is 8.05. The van der Waals surface area contributed by atoms with Crippen molar-refractivity contribution in [2.45, 2.75) is 17.4 Å². The molecule has 0 aliphatic heterocycles. The fraction of sp³-hybridized carbons (Fsp3) is 1.00. The van der Waals surface area contributed by atoms with Crippen molar-refractivity contribution in [1.82, 2.24) is 0 Å². The molecule has 1 unspecified atom stereocenters. The molecule has 0 aromatic rings. The van der Waals surface area contributed by atoms with Crippen LogP contribution in [0.1, 0.15) is 6.42 Å². The van der Waals surface area contributed by atoms with Crippen LogP contribution in [0.4, 0.5) is 13.2 Å². The molecule has 0 saturated carbocycles. The number of methoxy groups -OCH3 is 1. The summed E-state index contributed by atoms with van der Waals surface area (Å²) in [6.45, 7) is 0.220. The fourth-order valence-electron chi connectivity index (χ4n) is 0.824. The van der Waals surface area contributed by atoms with E-state index < -0.39 is 26.6 Å². The summed E-state index contributed by atoms with van der Waals surface area (Å²) in [5.74, 6) is -1.22. The lowest BCUT2D eigenvalue weighted by molar-refractivity contribution is -0.123. The van der Waals surface area contributed by atoms with Crippen molar-refractivity contribution in [3.63, 3.8) is 0 Å². The van der Waals surface area contributed by atoms with Gasteiger partial charge in [0, 0.05) is 13.7 Å². The van der Waals surface area contributed by atoms with E-state index in [-0.39, 0.29) is 18.8 Å². The highest BCUT2D eigenvalue weighted by Crippen LogP contribution is 2.27. The van der Waals surface area contributed by atoms with Crippen molar-refractivity contribution in [2.24, 2.45) is 0 Å². The van der Waals surface area contributed by atoms with E-state index in [1.165, 1.54) is 7.11 Å². The Balaban J connectivity index is 4.15. The van der Waals surface area contributed by atoms with Gasteiger partial charge in [0.15, 0.2) is 9.84 Å². The van der Waals surface area contributed by atoms with E-state index in [9.17, 15) is 21.6 Å². The molecule has 0 saturated heterocycles. The van der Waals surface area contributed by atoms with Crippen LogP contribution in [0.5, 0.6) is 0 Å². The Morgan fingerprint density at radius 3 is 2.33 bits per heavy atom. The Kier molecular flexibility index (Phi) is 6.12. The summed E-state index contributed by atoms with van der Waals surface area (Å²) < 4.78 is 63.1. The van der Waals surface area contributed by atoms with Gasteiger partial charge in [0.1, 0.15) is 4.83 Å². The molecular weight excluding hydrogens is 301 g/mol. The Morgan fingerprint density at radius 2 is 1.93 bits per heavy atom. The van der Waals surface area contributed by atoms with E-state index in [2.05, 4.69) is 20.7 Å². The molecule has 0 fully saturated rings. The summed E-state index contributed by atoms with van der Waals surface area (Å²) in [7, 11) is -2.28. The molecule has 1 atom stereocenters. The Labute approximate surface area is 95.0 Å². The molecule has 0 aromatic heterocycles. The third kappa shape index (κ3) is 7.13. The zero-order chi connectivity index (χ0) is 12.1. The lowest BCUT2D eigenvalue weighted by Crippen LogP contribution is -2.31. The molecular formula is C7H12BrF3O3S. The molecule has 0 aromatic carbocycles. The Hall–Kier alpha value is 0.180. The third-order valence-electron chi connectivity index (χ3n) is 1.56. The first kappa shape index (κ1) is 15.2. The van der Waals surface area contributed by atoms with E-state index >= 15 is 0 Å². The minimum atomic E-state index is -4.53. The van der Waals surface area contributed by atoms with Gasteiger partial charge in [0.2, 0.25) is 0 Å². The summed E-state index contributed by atoms with van der Waals surface area (Å²) >= 11 is 2.31. The lowest BCUT2D eigenvalue weighted by Gasteiger charge is -2.13. The first-order valence-electron chi connectivity index (χ1n) is 4.09. The van der Waals surface area contributed by atoms with Crippen LogP contribution >= 0.6 is 15.9 Å². The average molecular weight is 313 g/mol. The van der Waals surface area contributed by atoms with Crippen LogP contribution in [0.2, 0.25) is 0 Å². The first-order valence-corrected chi connectivity index (χ1v) is 6.83. The van der Waals surface area contributed by atoms with Crippen molar-refractivity contribution in [3.05, 3.63) is 0 Å². The molecule has 3 nitrogen and oxygen atoms in total. The van der Waals surface area contributed by atoms with Gasteiger partial charge in [-0.15, -0.1) is 0 Å². The van der Waals surface area contributed by atoms with Gasteiger partial charge < -0.3 is 4.74 Å². The van der Waals surface area contributed by atoms with Gasteiger partial charge in [-0.05, 0) is 6.42 Å². The van der Waals surface area contributed by atoms with Crippen LogP contribution in [0.25, 0.3) is 0 Å². The molecule has 0 aliphatic rings. The maximum Gasteiger partial charge on any atom is 0.402 e. The SMILES string of the molecule is COCCCS(=O)(=O)CC(Br)C(F)(F)F. The molecule has 0 bridgehead atoms. The number of sulfone groups is 1. The molecule has 0 spiro atoms. The van der Waals surface area contributed by atoms with Gasteiger partial charge in [0.25, 0.3) is 0 Å². The average Bonchev–Trinajstić information content (AvgIpc) is 2.01. The molecule has 8 heteroatoms. The Morgan fingerprint density at radius 1 is 1.40 bits per heavy atom. The maximum atomic E-state index is 12.0. The molecule has 0 amide bonds. The maximum absolute atomic E-state index is 12.0. The van der Waals surface area contributed by atoms with Gasteiger partial charge in [-0.3, -0.25) is 0 Å². The predicted molar refractivity (Wildman–Crippen MR) is 53.9 cm³/mol. The minimum absolute atomic E-state index is 0.205. The number of hydrogen-bond donors (Lipinski definition) is 0. The predicted octanol–water partition coefficient (Wildman–Crippen LogP) is 1.76. The van der Waals surface area contributed by atoms with Crippen LogP contribution < -0.4 is 0 Å². The highest BCUT2D eigenvalue weighted by atomic mass is 79.9. The van der Waals surface area contributed by atoms with Crippen molar-refractivity contribution < 1.29 is 26.3 Å². The number of ether oxygens (including phenoxy) is 1. The van der Waals surface area contributed by atoms with E-state index in [1.54, 1.807) is 0 Å². The van der Waals surface area contributed by atoms with Gasteiger partial charge in [0.05, 0.1) is 11.5 Å². The normalized spacial score (nSPS) is 15.3. The van der Waals surface area contributed by atoms with Crippen LogP contribution in [0.3, 0.4) is 0 Å². The van der Waals surface area contributed by atoms with Crippen molar-refractivity contribution in [1.29, 1.82) is 0 Å². The standard InChI is InChI=1S/C7H12BrF3O3S/c1-14-3-2-4-15(12,13)5-6(8)7(9,10)11/h6H,2-5H2,1H3. The molecule has 15 heavy (non-hydrogen) atoms. The van der Waals surface area contributed by atoms with Gasteiger partial charge >= 0.3 is 6.18 Å². The summed E-state index contributed by atoms with van der Waals surface area (Å²) in [5, 5.41) is 0. The molecule has 0 aliphatic carbocycles. The van der Waals surface area contributed by atoms with E-state index in [0.29, 0.717) is 0 Å². The van der Waals surface area contributed by atoms with Gasteiger partial charge in [-0.1, -0.05) is 15.9 Å². The highest BCUT2D eigenvalue weighted by molar-refractivity contribution is 9.09. The van der Waals surface area contributed by atoms with Crippen LogP contribution in [0, 0.1) is 0 Å². The second kappa shape index (κ2) is 6.05. The highest BCUT2D eigenvalue weighted by Gasteiger charge is 2.40. The van der Waals surface area contributed by atoms with E-state index in [1.807, 2.05) is 0 Å². The Bertz CT molecular complexity index is 276. The van der Waals surface area contributed by atoms with Crippen molar-refractivity contribution in [3.8, 4) is 0 Å². The number of halogens is 4. The number of rotatable bonds is 6. The van der Waals surface area contributed by atoms with Crippen LogP contribution in [-0.2, 0) is 14.6 Å². The smallest absolute Gasteiger partial charge is 0.385 e. The summed E-state index contributed by atoms with van der Waals surface area (Å²) in [5.41, 5.74) is 0. The number of alkyl halides is 4. The molecule has 0 radical (unpaired) electrons. The number of hydrogen-bond acceptors (Lipinski definition) is 3. The summed E-state index contributed by atoms with van der Waals surface area (Å²) in [6.07, 6.45) is -4.33. The fourth-order valence-corrected chi connectivity index (χ4v) is 3.39. The zero-order valence-corrected chi connectivity index (χ0v) is 10.5. The van der Waals surface area contributed by atoms with Crippen LogP contribution in [-0.4, -0.2) is 44.6 Å². The molecule has 0 rings (SSSR count). The second-order valence-electron chi connectivity index (χ2n) is 2.97. The quantitative estimate of drug-likeness (QED) is 0.554. The lowest BCUT2D eigenvalue weighted by atomic mass is 10.5. The molecule has 0 heterocycles. The second-order valence-corrected chi connectivity index (χ2v) is 6.30.